The molecule has 0 rings (SSSR count). The van der Waals surface area contributed by atoms with Crippen molar-refractivity contribution in [2.24, 2.45) is 11.8 Å². The molecule has 0 heterocycles. The summed E-state index contributed by atoms with van der Waals surface area (Å²) >= 11 is 0. The van der Waals surface area contributed by atoms with E-state index in [9.17, 15) is 14.7 Å². The molecule has 1 N–H and O–H groups in total. The number of aliphatic carboxylic acids is 1. The third-order valence-corrected chi connectivity index (χ3v) is 3.01. The number of carbonyl (C=O) groups is 2. The molecule has 0 aliphatic carbocycles. The van der Waals surface area contributed by atoms with Gasteiger partial charge in [-0.15, -0.1) is 6.58 Å². The van der Waals surface area contributed by atoms with Gasteiger partial charge in [-0.25, -0.2) is 0 Å². The summed E-state index contributed by atoms with van der Waals surface area (Å²) in [7, 11) is 0. The lowest BCUT2D eigenvalue weighted by atomic mass is 9.87. The van der Waals surface area contributed by atoms with Crippen molar-refractivity contribution < 1.29 is 24.2 Å². The van der Waals surface area contributed by atoms with Crippen LogP contribution in [0.5, 0.6) is 0 Å². The Morgan fingerprint density at radius 2 is 1.86 bits per heavy atom. The van der Waals surface area contributed by atoms with Gasteiger partial charge in [0.2, 0.25) is 0 Å². The van der Waals surface area contributed by atoms with Gasteiger partial charge in [-0.1, -0.05) is 13.0 Å². The summed E-state index contributed by atoms with van der Waals surface area (Å²) in [5.74, 6) is -2.42. The SMILES string of the molecule is C=CCO[C@@H](C)C[C@@H](C)C(CC(=O)OC(C)(C)C)C(=O)O. The van der Waals surface area contributed by atoms with E-state index < -0.39 is 23.5 Å². The molecule has 122 valence electrons. The van der Waals surface area contributed by atoms with Gasteiger partial charge in [0.05, 0.1) is 25.0 Å². The Hall–Kier alpha value is -1.36. The lowest BCUT2D eigenvalue weighted by Crippen LogP contribution is -2.31. The summed E-state index contributed by atoms with van der Waals surface area (Å²) in [4.78, 5) is 23.2. The standard InChI is InChI=1S/C16H28O5/c1-7-8-20-12(3)9-11(2)13(15(18)19)10-14(17)21-16(4,5)6/h7,11-13H,1,8-10H2,2-6H3,(H,18,19)/t11-,12+,13?/m1/s1. The first-order valence-electron chi connectivity index (χ1n) is 7.24. The maximum absolute atomic E-state index is 11.8. The second-order valence-electron chi connectivity index (χ2n) is 6.38. The highest BCUT2D eigenvalue weighted by Crippen LogP contribution is 2.24. The summed E-state index contributed by atoms with van der Waals surface area (Å²) in [6.45, 7) is 13.0. The van der Waals surface area contributed by atoms with Crippen LogP contribution in [0.2, 0.25) is 0 Å². The van der Waals surface area contributed by atoms with Crippen LogP contribution in [-0.2, 0) is 19.1 Å². The van der Waals surface area contributed by atoms with Gasteiger partial charge in [-0.2, -0.15) is 0 Å². The monoisotopic (exact) mass is 300 g/mol. The number of esters is 1. The van der Waals surface area contributed by atoms with Gasteiger partial charge in [0, 0.05) is 0 Å². The predicted octanol–water partition coefficient (Wildman–Crippen LogP) is 3.04. The fraction of sp³-hybridized carbons (Fsp3) is 0.750. The van der Waals surface area contributed by atoms with Crippen molar-refractivity contribution in [1.29, 1.82) is 0 Å². The molecular weight excluding hydrogens is 272 g/mol. The van der Waals surface area contributed by atoms with Crippen LogP contribution in [0.4, 0.5) is 0 Å². The summed E-state index contributed by atoms with van der Waals surface area (Å²) in [6.07, 6.45) is 2.00. The van der Waals surface area contributed by atoms with E-state index in [0.717, 1.165) is 0 Å². The number of ether oxygens (including phenoxy) is 2. The van der Waals surface area contributed by atoms with Crippen molar-refractivity contribution in [3.63, 3.8) is 0 Å². The first-order valence-corrected chi connectivity index (χ1v) is 7.24. The van der Waals surface area contributed by atoms with Crippen molar-refractivity contribution >= 4 is 11.9 Å². The molecule has 0 aliphatic heterocycles. The van der Waals surface area contributed by atoms with E-state index >= 15 is 0 Å². The first kappa shape index (κ1) is 19.6. The van der Waals surface area contributed by atoms with Gasteiger partial charge in [0.1, 0.15) is 5.60 Å². The predicted molar refractivity (Wildman–Crippen MR) is 81.0 cm³/mol. The van der Waals surface area contributed by atoms with E-state index in [1.807, 2.05) is 13.8 Å². The first-order chi connectivity index (χ1) is 9.56. The molecule has 0 saturated carbocycles. The quantitative estimate of drug-likeness (QED) is 0.523. The van der Waals surface area contributed by atoms with E-state index in [4.69, 9.17) is 9.47 Å². The van der Waals surface area contributed by atoms with Crippen LogP contribution in [0.3, 0.4) is 0 Å². The third kappa shape index (κ3) is 9.24. The van der Waals surface area contributed by atoms with E-state index in [0.29, 0.717) is 13.0 Å². The zero-order valence-corrected chi connectivity index (χ0v) is 13.7. The van der Waals surface area contributed by atoms with Crippen LogP contribution in [-0.4, -0.2) is 35.4 Å². The van der Waals surface area contributed by atoms with Gasteiger partial charge in [0.25, 0.3) is 0 Å². The Balaban J connectivity index is 4.56. The Labute approximate surface area is 127 Å². The topological polar surface area (TPSA) is 72.8 Å². The van der Waals surface area contributed by atoms with Gasteiger partial charge in [0.15, 0.2) is 0 Å². The highest BCUT2D eigenvalue weighted by atomic mass is 16.6. The zero-order valence-electron chi connectivity index (χ0n) is 13.7. The maximum Gasteiger partial charge on any atom is 0.307 e. The van der Waals surface area contributed by atoms with Crippen molar-refractivity contribution in [1.82, 2.24) is 0 Å². The molecule has 0 bridgehead atoms. The molecule has 0 spiro atoms. The van der Waals surface area contributed by atoms with Crippen LogP contribution in [0.15, 0.2) is 12.7 Å². The highest BCUT2D eigenvalue weighted by Gasteiger charge is 2.30. The van der Waals surface area contributed by atoms with Crippen molar-refractivity contribution in [2.45, 2.75) is 59.2 Å². The average Bonchev–Trinajstić information content (AvgIpc) is 2.30. The molecule has 1 unspecified atom stereocenters. The third-order valence-electron chi connectivity index (χ3n) is 3.01. The second kappa shape index (κ2) is 8.82. The second-order valence-corrected chi connectivity index (χ2v) is 6.38. The Morgan fingerprint density at radius 3 is 2.29 bits per heavy atom. The molecule has 5 heteroatoms. The van der Waals surface area contributed by atoms with Gasteiger partial charge < -0.3 is 14.6 Å². The smallest absolute Gasteiger partial charge is 0.307 e. The number of carboxylic acids is 1. The van der Waals surface area contributed by atoms with Gasteiger partial charge in [-0.05, 0) is 40.0 Å². The molecule has 0 aromatic carbocycles. The minimum absolute atomic E-state index is 0.0847. The summed E-state index contributed by atoms with van der Waals surface area (Å²) in [6, 6.07) is 0. The lowest BCUT2D eigenvalue weighted by Gasteiger charge is -2.25. The molecule has 0 aromatic heterocycles. The Kier molecular flexibility index (Phi) is 8.25. The molecule has 0 radical (unpaired) electrons. The number of hydrogen-bond acceptors (Lipinski definition) is 4. The van der Waals surface area contributed by atoms with Crippen molar-refractivity contribution in [3.05, 3.63) is 12.7 Å². The summed E-state index contributed by atoms with van der Waals surface area (Å²) in [5, 5.41) is 9.32. The lowest BCUT2D eigenvalue weighted by molar-refractivity contribution is -0.161. The van der Waals surface area contributed by atoms with Gasteiger partial charge in [-0.3, -0.25) is 9.59 Å². The average molecular weight is 300 g/mol. The number of carboxylic acid groups (broad SMARTS) is 1. The normalized spacial score (nSPS) is 15.9. The number of carbonyl (C=O) groups excluding carboxylic acids is 1. The Bertz CT molecular complexity index is 356. The molecule has 0 saturated heterocycles. The van der Waals surface area contributed by atoms with Gasteiger partial charge >= 0.3 is 11.9 Å². The van der Waals surface area contributed by atoms with Crippen LogP contribution >= 0.6 is 0 Å². The number of rotatable bonds is 9. The van der Waals surface area contributed by atoms with E-state index in [1.54, 1.807) is 26.8 Å². The minimum atomic E-state index is -0.982. The Morgan fingerprint density at radius 1 is 1.29 bits per heavy atom. The maximum atomic E-state index is 11.8. The molecule has 21 heavy (non-hydrogen) atoms. The van der Waals surface area contributed by atoms with Crippen LogP contribution < -0.4 is 0 Å². The molecule has 0 fully saturated rings. The fourth-order valence-corrected chi connectivity index (χ4v) is 2.08. The van der Waals surface area contributed by atoms with E-state index in [1.165, 1.54) is 0 Å². The number of hydrogen-bond donors (Lipinski definition) is 1. The molecule has 0 aliphatic rings. The van der Waals surface area contributed by atoms with Crippen LogP contribution in [0.25, 0.3) is 0 Å². The molecule has 3 atom stereocenters. The molecule has 0 amide bonds. The molecular formula is C16H28O5. The fourth-order valence-electron chi connectivity index (χ4n) is 2.08. The summed E-state index contributed by atoms with van der Waals surface area (Å²) in [5.41, 5.74) is -0.607. The largest absolute Gasteiger partial charge is 0.481 e. The van der Waals surface area contributed by atoms with Crippen LogP contribution in [0, 0.1) is 11.8 Å². The van der Waals surface area contributed by atoms with E-state index in [-0.39, 0.29) is 18.4 Å². The van der Waals surface area contributed by atoms with Crippen molar-refractivity contribution in [2.75, 3.05) is 6.61 Å². The zero-order chi connectivity index (χ0) is 16.6. The van der Waals surface area contributed by atoms with Crippen molar-refractivity contribution in [3.8, 4) is 0 Å². The minimum Gasteiger partial charge on any atom is -0.481 e. The highest BCUT2D eigenvalue weighted by molar-refractivity contribution is 5.79. The summed E-state index contributed by atoms with van der Waals surface area (Å²) < 4.78 is 10.6. The molecule has 5 nitrogen and oxygen atoms in total. The van der Waals surface area contributed by atoms with E-state index in [2.05, 4.69) is 6.58 Å². The van der Waals surface area contributed by atoms with Crippen LogP contribution in [0.1, 0.15) is 47.5 Å². The molecule has 0 aromatic rings.